The van der Waals surface area contributed by atoms with E-state index in [4.69, 9.17) is 4.99 Å². The van der Waals surface area contributed by atoms with Crippen molar-refractivity contribution in [3.05, 3.63) is 70.3 Å². The number of rotatable bonds is 5. The van der Waals surface area contributed by atoms with Crippen LogP contribution in [0, 0.1) is 10.1 Å². The number of hydrogen-bond acceptors (Lipinski definition) is 4. The van der Waals surface area contributed by atoms with Crippen LogP contribution >= 0.6 is 24.0 Å². The van der Waals surface area contributed by atoms with Gasteiger partial charge in [0.05, 0.1) is 11.5 Å². The Kier molecular flexibility index (Phi) is 8.49. The fourth-order valence-electron chi connectivity index (χ4n) is 3.18. The molecule has 1 saturated heterocycles. The Labute approximate surface area is 182 Å². The number of nitro benzene ring substituents is 1. The van der Waals surface area contributed by atoms with Gasteiger partial charge in [-0.15, -0.1) is 24.0 Å². The molecule has 0 amide bonds. The van der Waals surface area contributed by atoms with Crippen molar-refractivity contribution in [3.8, 4) is 0 Å². The number of piperazine rings is 1. The summed E-state index contributed by atoms with van der Waals surface area (Å²) in [5.74, 6) is 0.858. The number of non-ortho nitro benzene ring substituents is 1. The van der Waals surface area contributed by atoms with Gasteiger partial charge in [-0.25, -0.2) is 4.99 Å². The van der Waals surface area contributed by atoms with Crippen molar-refractivity contribution in [2.45, 2.75) is 13.5 Å². The van der Waals surface area contributed by atoms with Crippen molar-refractivity contribution >= 4 is 41.3 Å². The average Bonchev–Trinajstić information content (AvgIpc) is 2.72. The van der Waals surface area contributed by atoms with Crippen LogP contribution in [0.2, 0.25) is 0 Å². The number of aliphatic imine (C=N–C) groups is 1. The standard InChI is InChI=1S/C20H25N5O2.HI/c1-2-21-20(22-16-17-7-6-10-19(15-17)25(26)27)24-13-11-23(12-14-24)18-8-4-3-5-9-18;/h3-10,15H,2,11-14,16H2,1H3,(H,21,22);1H. The van der Waals surface area contributed by atoms with E-state index in [1.54, 1.807) is 12.1 Å². The number of anilines is 1. The summed E-state index contributed by atoms with van der Waals surface area (Å²) in [5.41, 5.74) is 2.18. The van der Waals surface area contributed by atoms with Gasteiger partial charge in [0.2, 0.25) is 0 Å². The summed E-state index contributed by atoms with van der Waals surface area (Å²) >= 11 is 0. The van der Waals surface area contributed by atoms with Crippen molar-refractivity contribution in [3.63, 3.8) is 0 Å². The summed E-state index contributed by atoms with van der Waals surface area (Å²) < 4.78 is 0. The van der Waals surface area contributed by atoms with Crippen LogP contribution in [0.25, 0.3) is 0 Å². The van der Waals surface area contributed by atoms with Gasteiger partial charge in [0.25, 0.3) is 5.69 Å². The van der Waals surface area contributed by atoms with Gasteiger partial charge in [-0.05, 0) is 24.6 Å². The first-order valence-electron chi connectivity index (χ1n) is 9.24. The predicted octanol–water partition coefficient (Wildman–Crippen LogP) is 3.50. The SMILES string of the molecule is CCNC(=NCc1cccc([N+](=O)[O-])c1)N1CCN(c2ccccc2)CC1.I. The van der Waals surface area contributed by atoms with E-state index in [1.165, 1.54) is 11.8 Å². The Morgan fingerprint density at radius 2 is 1.82 bits per heavy atom. The summed E-state index contributed by atoms with van der Waals surface area (Å²) in [7, 11) is 0. The first-order valence-corrected chi connectivity index (χ1v) is 9.24. The molecule has 0 aliphatic carbocycles. The largest absolute Gasteiger partial charge is 0.368 e. The summed E-state index contributed by atoms with van der Waals surface area (Å²) in [6.07, 6.45) is 0. The van der Waals surface area contributed by atoms with Gasteiger partial charge in [-0.1, -0.05) is 30.3 Å². The third-order valence-electron chi connectivity index (χ3n) is 4.57. The first-order chi connectivity index (χ1) is 13.2. The zero-order chi connectivity index (χ0) is 19.1. The normalized spacial score (nSPS) is 14.4. The Balaban J connectivity index is 0.00000280. The van der Waals surface area contributed by atoms with Gasteiger partial charge in [0.15, 0.2) is 5.96 Å². The van der Waals surface area contributed by atoms with Crippen molar-refractivity contribution in [2.75, 3.05) is 37.6 Å². The molecular weight excluding hydrogens is 469 g/mol. The lowest BCUT2D eigenvalue weighted by Crippen LogP contribution is -2.52. The number of para-hydroxylation sites is 1. The number of nitrogens with one attached hydrogen (secondary N) is 1. The van der Waals surface area contributed by atoms with E-state index in [-0.39, 0.29) is 34.6 Å². The van der Waals surface area contributed by atoms with Gasteiger partial charge >= 0.3 is 0 Å². The molecule has 1 aliphatic rings. The number of guanidine groups is 1. The zero-order valence-electron chi connectivity index (χ0n) is 16.0. The van der Waals surface area contributed by atoms with Gasteiger partial charge in [-0.2, -0.15) is 0 Å². The average molecular weight is 495 g/mol. The molecule has 28 heavy (non-hydrogen) atoms. The minimum Gasteiger partial charge on any atom is -0.368 e. The molecule has 2 aromatic carbocycles. The van der Waals surface area contributed by atoms with Crippen LogP contribution in [-0.4, -0.2) is 48.5 Å². The number of halogens is 1. The molecule has 1 N–H and O–H groups in total. The number of benzene rings is 2. The fraction of sp³-hybridized carbons (Fsp3) is 0.350. The predicted molar refractivity (Wildman–Crippen MR) is 124 cm³/mol. The van der Waals surface area contributed by atoms with Gasteiger partial charge in [-0.3, -0.25) is 10.1 Å². The summed E-state index contributed by atoms with van der Waals surface area (Å²) in [4.78, 5) is 19.9. The second-order valence-electron chi connectivity index (χ2n) is 6.41. The number of nitro groups is 1. The molecule has 1 fully saturated rings. The summed E-state index contributed by atoms with van der Waals surface area (Å²) in [5, 5.41) is 14.3. The minimum absolute atomic E-state index is 0. The highest BCUT2D eigenvalue weighted by molar-refractivity contribution is 14.0. The zero-order valence-corrected chi connectivity index (χ0v) is 18.3. The molecule has 8 heteroatoms. The summed E-state index contributed by atoms with van der Waals surface area (Å²) in [6.45, 7) is 6.89. The topological polar surface area (TPSA) is 74.0 Å². The van der Waals surface area contributed by atoms with E-state index >= 15 is 0 Å². The molecule has 3 rings (SSSR count). The number of hydrogen-bond donors (Lipinski definition) is 1. The molecule has 150 valence electrons. The van der Waals surface area contributed by atoms with Gasteiger partial charge in [0.1, 0.15) is 0 Å². The molecule has 1 aliphatic heterocycles. The minimum atomic E-state index is -0.374. The van der Waals surface area contributed by atoms with E-state index in [2.05, 4.69) is 39.4 Å². The maximum atomic E-state index is 10.9. The van der Waals surface area contributed by atoms with E-state index in [1.807, 2.05) is 19.1 Å². The third kappa shape index (κ3) is 5.82. The highest BCUT2D eigenvalue weighted by Crippen LogP contribution is 2.16. The third-order valence-corrected chi connectivity index (χ3v) is 4.57. The molecule has 1 heterocycles. The van der Waals surface area contributed by atoms with E-state index in [0.717, 1.165) is 44.2 Å². The van der Waals surface area contributed by atoms with Crippen LogP contribution < -0.4 is 10.2 Å². The van der Waals surface area contributed by atoms with Crippen LogP contribution in [0.15, 0.2) is 59.6 Å². The Morgan fingerprint density at radius 1 is 1.11 bits per heavy atom. The van der Waals surface area contributed by atoms with Crippen LogP contribution in [-0.2, 0) is 6.54 Å². The van der Waals surface area contributed by atoms with E-state index < -0.39 is 0 Å². The Hall–Kier alpha value is -2.36. The maximum absolute atomic E-state index is 10.9. The quantitative estimate of drug-likeness (QED) is 0.226. The molecule has 0 spiro atoms. The molecule has 7 nitrogen and oxygen atoms in total. The molecule has 0 unspecified atom stereocenters. The maximum Gasteiger partial charge on any atom is 0.269 e. The Morgan fingerprint density at radius 3 is 2.46 bits per heavy atom. The van der Waals surface area contributed by atoms with E-state index in [0.29, 0.717) is 6.54 Å². The molecule has 0 saturated carbocycles. The van der Waals surface area contributed by atoms with Crippen molar-refractivity contribution < 1.29 is 4.92 Å². The second-order valence-corrected chi connectivity index (χ2v) is 6.41. The summed E-state index contributed by atoms with van der Waals surface area (Å²) in [6, 6.07) is 17.1. The number of nitrogens with zero attached hydrogens (tertiary/aromatic N) is 4. The van der Waals surface area contributed by atoms with E-state index in [9.17, 15) is 10.1 Å². The highest BCUT2D eigenvalue weighted by atomic mass is 127. The molecule has 0 aromatic heterocycles. The Bertz CT molecular complexity index is 792. The van der Waals surface area contributed by atoms with Crippen LogP contribution in [0.4, 0.5) is 11.4 Å². The lowest BCUT2D eigenvalue weighted by Gasteiger charge is -2.37. The molecular formula is C20H26IN5O2. The van der Waals surface area contributed by atoms with Crippen molar-refractivity contribution in [2.24, 2.45) is 4.99 Å². The van der Waals surface area contributed by atoms with Crippen molar-refractivity contribution in [1.82, 2.24) is 10.2 Å². The second kappa shape index (κ2) is 10.8. The lowest BCUT2D eigenvalue weighted by atomic mass is 10.2. The molecule has 2 aromatic rings. The highest BCUT2D eigenvalue weighted by Gasteiger charge is 2.19. The lowest BCUT2D eigenvalue weighted by molar-refractivity contribution is -0.384. The first kappa shape index (κ1) is 21.9. The fourth-order valence-corrected chi connectivity index (χ4v) is 3.18. The van der Waals surface area contributed by atoms with Gasteiger partial charge < -0.3 is 15.1 Å². The molecule has 0 bridgehead atoms. The monoisotopic (exact) mass is 495 g/mol. The molecule has 0 atom stereocenters. The molecule has 0 radical (unpaired) electrons. The van der Waals surface area contributed by atoms with Crippen LogP contribution in [0.5, 0.6) is 0 Å². The smallest absolute Gasteiger partial charge is 0.269 e. The van der Waals surface area contributed by atoms with Crippen LogP contribution in [0.1, 0.15) is 12.5 Å². The van der Waals surface area contributed by atoms with Crippen LogP contribution in [0.3, 0.4) is 0 Å². The van der Waals surface area contributed by atoms with Crippen molar-refractivity contribution in [1.29, 1.82) is 0 Å². The van der Waals surface area contributed by atoms with Gasteiger partial charge in [0, 0.05) is 50.5 Å².